The summed E-state index contributed by atoms with van der Waals surface area (Å²) in [6.45, 7) is 4.44. The number of anilines is 1. The van der Waals surface area contributed by atoms with Gasteiger partial charge in [-0.3, -0.25) is 14.5 Å². The van der Waals surface area contributed by atoms with Crippen molar-refractivity contribution in [1.82, 2.24) is 0 Å². The van der Waals surface area contributed by atoms with Gasteiger partial charge in [-0.2, -0.15) is 0 Å². The van der Waals surface area contributed by atoms with Crippen LogP contribution in [0, 0.1) is 5.82 Å². The van der Waals surface area contributed by atoms with Crippen molar-refractivity contribution in [1.29, 1.82) is 0 Å². The van der Waals surface area contributed by atoms with E-state index < -0.39 is 23.5 Å². The number of hydrogen-bond acceptors (Lipinski definition) is 6. The number of hydrogen-bond donors (Lipinski definition) is 1. The van der Waals surface area contributed by atoms with E-state index in [0.29, 0.717) is 35.3 Å². The van der Waals surface area contributed by atoms with E-state index in [1.807, 2.05) is 12.3 Å². The lowest BCUT2D eigenvalue weighted by atomic mass is 9.99. The number of carbonyl (C=O) groups excluding carboxylic acids is 2. The van der Waals surface area contributed by atoms with Crippen molar-refractivity contribution in [2.45, 2.75) is 19.9 Å². The van der Waals surface area contributed by atoms with E-state index in [-0.39, 0.29) is 16.9 Å². The highest BCUT2D eigenvalue weighted by molar-refractivity contribution is 7.10. The van der Waals surface area contributed by atoms with Crippen molar-refractivity contribution >= 4 is 34.5 Å². The predicted octanol–water partition coefficient (Wildman–Crippen LogP) is 5.31. The number of amides is 1. The Hall–Kier alpha value is -3.65. The number of aliphatic hydroxyl groups is 1. The number of Topliss-reactive ketones (excluding diaryl/α,β-unsaturated/α-hetero) is 1. The van der Waals surface area contributed by atoms with Gasteiger partial charge in [-0.05, 0) is 61.7 Å². The predicted molar refractivity (Wildman–Crippen MR) is 124 cm³/mol. The average molecular weight is 468 g/mol. The van der Waals surface area contributed by atoms with E-state index in [9.17, 15) is 19.1 Å². The molecule has 1 aliphatic heterocycles. The van der Waals surface area contributed by atoms with Crippen LogP contribution >= 0.6 is 11.3 Å². The van der Waals surface area contributed by atoms with Crippen LogP contribution in [0.4, 0.5) is 10.1 Å². The summed E-state index contributed by atoms with van der Waals surface area (Å²) >= 11 is 1.35. The molecule has 1 aliphatic rings. The first-order chi connectivity index (χ1) is 16.0. The van der Waals surface area contributed by atoms with Crippen molar-refractivity contribution in [2.24, 2.45) is 0 Å². The van der Waals surface area contributed by atoms with Crippen molar-refractivity contribution in [3.05, 3.63) is 81.8 Å². The maximum absolute atomic E-state index is 13.5. The summed E-state index contributed by atoms with van der Waals surface area (Å²) < 4.78 is 24.7. The Morgan fingerprint density at radius 2 is 1.79 bits per heavy atom. The number of halogens is 1. The lowest BCUT2D eigenvalue weighted by Gasteiger charge is -2.24. The van der Waals surface area contributed by atoms with E-state index in [4.69, 9.17) is 9.47 Å². The Bertz CT molecular complexity index is 1200. The zero-order valence-electron chi connectivity index (χ0n) is 18.1. The normalized spacial score (nSPS) is 17.4. The van der Waals surface area contributed by atoms with Gasteiger partial charge < -0.3 is 14.6 Å². The van der Waals surface area contributed by atoms with Crippen LogP contribution in [0.1, 0.15) is 30.3 Å². The molecule has 170 valence electrons. The molecule has 0 aliphatic carbocycles. The molecule has 1 fully saturated rings. The molecule has 1 saturated heterocycles. The van der Waals surface area contributed by atoms with Gasteiger partial charge in [0, 0.05) is 16.6 Å². The van der Waals surface area contributed by atoms with Crippen LogP contribution in [0.2, 0.25) is 0 Å². The molecule has 1 amide bonds. The van der Waals surface area contributed by atoms with Crippen molar-refractivity contribution < 1.29 is 28.6 Å². The number of nitrogens with zero attached hydrogens (tertiary/aromatic N) is 1. The molecule has 1 N–H and O–H groups in total. The quantitative estimate of drug-likeness (QED) is 0.290. The number of ether oxygens (including phenoxy) is 2. The van der Waals surface area contributed by atoms with Gasteiger partial charge >= 0.3 is 0 Å². The van der Waals surface area contributed by atoms with E-state index in [1.165, 1.54) is 40.5 Å². The summed E-state index contributed by atoms with van der Waals surface area (Å²) in [5, 5.41) is 13.1. The highest BCUT2D eigenvalue weighted by Gasteiger charge is 2.47. The fourth-order valence-electron chi connectivity index (χ4n) is 3.79. The van der Waals surface area contributed by atoms with Crippen LogP contribution in [0.5, 0.6) is 11.5 Å². The minimum absolute atomic E-state index is 0.0584. The third-order valence-electron chi connectivity index (χ3n) is 5.18. The van der Waals surface area contributed by atoms with Crippen molar-refractivity contribution in [3.8, 4) is 11.5 Å². The standard InChI is InChI=1S/C25H22FNO5S/c1-3-31-17-11-12-18(19(14-17)32-4-2)23(28)21-22(20-6-5-13-33-20)27(25(30)24(21)29)16-9-7-15(26)8-10-16/h5-14,22,28H,3-4H2,1-2H3/b23-21-. The lowest BCUT2D eigenvalue weighted by Crippen LogP contribution is -2.29. The Morgan fingerprint density at radius 1 is 1.06 bits per heavy atom. The second-order valence-electron chi connectivity index (χ2n) is 7.18. The largest absolute Gasteiger partial charge is 0.507 e. The second kappa shape index (κ2) is 9.46. The number of carbonyl (C=O) groups is 2. The molecule has 2 heterocycles. The van der Waals surface area contributed by atoms with Crippen molar-refractivity contribution in [2.75, 3.05) is 18.1 Å². The smallest absolute Gasteiger partial charge is 0.300 e. The molecule has 0 radical (unpaired) electrons. The molecular formula is C25H22FNO5S. The van der Waals surface area contributed by atoms with E-state index in [1.54, 1.807) is 37.3 Å². The summed E-state index contributed by atoms with van der Waals surface area (Å²) in [5.41, 5.74) is 0.573. The summed E-state index contributed by atoms with van der Waals surface area (Å²) in [7, 11) is 0. The van der Waals surface area contributed by atoms with Crippen LogP contribution in [0.3, 0.4) is 0 Å². The number of aliphatic hydroxyl groups excluding tert-OH is 1. The van der Waals surface area contributed by atoms with Gasteiger partial charge in [0.05, 0.1) is 24.4 Å². The molecule has 4 rings (SSSR count). The molecular weight excluding hydrogens is 445 g/mol. The summed E-state index contributed by atoms with van der Waals surface area (Å²) in [6, 6.07) is 12.9. The van der Waals surface area contributed by atoms with Gasteiger partial charge in [0.1, 0.15) is 29.1 Å². The van der Waals surface area contributed by atoms with Crippen molar-refractivity contribution in [3.63, 3.8) is 0 Å². The average Bonchev–Trinajstić information content (AvgIpc) is 3.42. The number of rotatable bonds is 7. The highest BCUT2D eigenvalue weighted by atomic mass is 32.1. The summed E-state index contributed by atoms with van der Waals surface area (Å²) in [4.78, 5) is 28.2. The van der Waals surface area contributed by atoms with Gasteiger partial charge in [-0.15, -0.1) is 11.3 Å². The molecule has 6 nitrogen and oxygen atoms in total. The van der Waals surface area contributed by atoms with E-state index in [0.717, 1.165) is 0 Å². The number of thiophene rings is 1. The minimum Gasteiger partial charge on any atom is -0.507 e. The summed E-state index contributed by atoms with van der Waals surface area (Å²) in [6.07, 6.45) is 0. The Labute approximate surface area is 194 Å². The minimum atomic E-state index is -0.864. The maximum atomic E-state index is 13.5. The maximum Gasteiger partial charge on any atom is 0.300 e. The van der Waals surface area contributed by atoms with Crippen LogP contribution in [0.25, 0.3) is 5.76 Å². The van der Waals surface area contributed by atoms with E-state index >= 15 is 0 Å². The second-order valence-corrected chi connectivity index (χ2v) is 8.16. The number of ketones is 1. The molecule has 3 aromatic rings. The van der Waals surface area contributed by atoms with E-state index in [2.05, 4.69) is 0 Å². The Balaban J connectivity index is 1.90. The number of benzene rings is 2. The summed E-state index contributed by atoms with van der Waals surface area (Å²) in [5.74, 6) is -1.54. The molecule has 33 heavy (non-hydrogen) atoms. The lowest BCUT2D eigenvalue weighted by molar-refractivity contribution is -0.132. The van der Waals surface area contributed by atoms with Gasteiger partial charge in [-0.1, -0.05) is 6.07 Å². The van der Waals surface area contributed by atoms with Gasteiger partial charge in [-0.25, -0.2) is 4.39 Å². The molecule has 1 unspecified atom stereocenters. The van der Waals surface area contributed by atoms with Gasteiger partial charge in [0.2, 0.25) is 0 Å². The van der Waals surface area contributed by atoms with Crippen LogP contribution in [0.15, 0.2) is 65.6 Å². The highest BCUT2D eigenvalue weighted by Crippen LogP contribution is 2.44. The molecule has 1 atom stereocenters. The van der Waals surface area contributed by atoms with Crippen LogP contribution in [-0.4, -0.2) is 30.0 Å². The topological polar surface area (TPSA) is 76.1 Å². The fraction of sp³-hybridized carbons (Fsp3) is 0.200. The van der Waals surface area contributed by atoms with Gasteiger partial charge in [0.25, 0.3) is 11.7 Å². The third kappa shape index (κ3) is 4.21. The monoisotopic (exact) mass is 467 g/mol. The zero-order valence-corrected chi connectivity index (χ0v) is 18.9. The molecule has 8 heteroatoms. The molecule has 0 spiro atoms. The first-order valence-corrected chi connectivity index (χ1v) is 11.3. The molecule has 0 bridgehead atoms. The van der Waals surface area contributed by atoms with Crippen LogP contribution in [-0.2, 0) is 9.59 Å². The Morgan fingerprint density at radius 3 is 2.42 bits per heavy atom. The Kier molecular flexibility index (Phi) is 6.46. The molecule has 2 aromatic carbocycles. The van der Waals surface area contributed by atoms with Crippen LogP contribution < -0.4 is 14.4 Å². The fourth-order valence-corrected chi connectivity index (χ4v) is 4.61. The molecule has 0 saturated carbocycles. The molecule has 1 aromatic heterocycles. The zero-order chi connectivity index (χ0) is 23.5. The van der Waals surface area contributed by atoms with Gasteiger partial charge in [0.15, 0.2) is 0 Å². The third-order valence-corrected chi connectivity index (χ3v) is 6.11. The SMILES string of the molecule is CCOc1ccc(/C(O)=C2/C(=O)C(=O)N(c3ccc(F)cc3)C2c2cccs2)c(OCC)c1. The first kappa shape index (κ1) is 22.5. The first-order valence-electron chi connectivity index (χ1n) is 10.5.